The lowest BCUT2D eigenvalue weighted by Gasteiger charge is -2.11. The number of benzene rings is 1. The number of carbonyl (C=O) groups excluding carboxylic acids is 1. The molecule has 3 nitrogen and oxygen atoms in total. The lowest BCUT2D eigenvalue weighted by molar-refractivity contribution is -0.141. The van der Waals surface area contributed by atoms with E-state index in [4.69, 9.17) is 16.3 Å². The molecule has 5 heteroatoms. The molecular formula is C15H17ClO3S. The summed E-state index contributed by atoms with van der Waals surface area (Å²) in [5, 5.41) is 10.4. The Hall–Kier alpha value is -0.970. The lowest BCUT2D eigenvalue weighted by atomic mass is 9.99. The number of hydrogen-bond donors (Lipinski definition) is 1. The molecule has 2 rings (SSSR count). The SMILES string of the molecule is COC(=O)C(C)c1ccc(/C=C2\SCCC2O)c(Cl)c1. The number of aliphatic hydroxyl groups is 1. The Morgan fingerprint density at radius 2 is 2.35 bits per heavy atom. The summed E-state index contributed by atoms with van der Waals surface area (Å²) in [6, 6.07) is 5.52. The van der Waals surface area contributed by atoms with Crippen molar-refractivity contribution in [2.75, 3.05) is 12.9 Å². The number of halogens is 1. The Balaban J connectivity index is 2.24. The van der Waals surface area contributed by atoms with Crippen LogP contribution in [0.5, 0.6) is 0 Å². The van der Waals surface area contributed by atoms with Gasteiger partial charge in [0.05, 0.1) is 19.1 Å². The van der Waals surface area contributed by atoms with E-state index in [2.05, 4.69) is 0 Å². The maximum absolute atomic E-state index is 11.5. The predicted molar refractivity (Wildman–Crippen MR) is 82.9 cm³/mol. The van der Waals surface area contributed by atoms with Gasteiger partial charge in [0.25, 0.3) is 0 Å². The Kier molecular flexibility index (Phi) is 5.13. The number of hydrogen-bond acceptors (Lipinski definition) is 4. The maximum Gasteiger partial charge on any atom is 0.312 e. The van der Waals surface area contributed by atoms with Crippen molar-refractivity contribution in [1.82, 2.24) is 0 Å². The molecule has 20 heavy (non-hydrogen) atoms. The average molecular weight is 313 g/mol. The third-order valence-corrected chi connectivity index (χ3v) is 4.86. The van der Waals surface area contributed by atoms with Crippen LogP contribution in [0.2, 0.25) is 5.02 Å². The van der Waals surface area contributed by atoms with E-state index in [1.165, 1.54) is 7.11 Å². The standard InChI is InChI=1S/C15H17ClO3S/c1-9(15(18)19-2)10-3-4-11(12(16)7-10)8-14-13(17)5-6-20-14/h3-4,7-9,13,17H,5-6H2,1-2H3/b14-8-. The molecule has 108 valence electrons. The normalized spacial score (nSPS) is 22.0. The first kappa shape index (κ1) is 15.4. The van der Waals surface area contributed by atoms with Crippen molar-refractivity contribution in [2.45, 2.75) is 25.4 Å². The van der Waals surface area contributed by atoms with Crippen molar-refractivity contribution in [3.63, 3.8) is 0 Å². The van der Waals surface area contributed by atoms with Crippen LogP contribution in [0.15, 0.2) is 23.1 Å². The molecule has 0 aliphatic carbocycles. The summed E-state index contributed by atoms with van der Waals surface area (Å²) in [4.78, 5) is 12.5. The van der Waals surface area contributed by atoms with Crippen LogP contribution in [-0.4, -0.2) is 30.0 Å². The van der Waals surface area contributed by atoms with Crippen molar-refractivity contribution >= 4 is 35.4 Å². The fraction of sp³-hybridized carbons (Fsp3) is 0.400. The molecule has 0 radical (unpaired) electrons. The summed E-state index contributed by atoms with van der Waals surface area (Å²) in [5.41, 5.74) is 1.68. The Morgan fingerprint density at radius 1 is 1.60 bits per heavy atom. The van der Waals surface area contributed by atoms with Gasteiger partial charge in [-0.25, -0.2) is 0 Å². The molecule has 0 saturated carbocycles. The second kappa shape index (κ2) is 6.66. The first-order chi connectivity index (χ1) is 9.52. The maximum atomic E-state index is 11.5. The largest absolute Gasteiger partial charge is 0.469 e. The molecule has 1 heterocycles. The Labute approximate surface area is 128 Å². The molecule has 1 aromatic rings. The minimum atomic E-state index is -0.385. The van der Waals surface area contributed by atoms with Gasteiger partial charge >= 0.3 is 5.97 Å². The fourth-order valence-electron chi connectivity index (χ4n) is 2.06. The molecule has 0 amide bonds. The van der Waals surface area contributed by atoms with Crippen LogP contribution in [-0.2, 0) is 9.53 Å². The number of thioether (sulfide) groups is 1. The summed E-state index contributed by atoms with van der Waals surface area (Å²) < 4.78 is 4.73. The number of carbonyl (C=O) groups is 1. The summed E-state index contributed by atoms with van der Waals surface area (Å²) in [7, 11) is 1.37. The molecule has 1 fully saturated rings. The minimum absolute atomic E-state index is 0.283. The van der Waals surface area contributed by atoms with Crippen LogP contribution in [0.25, 0.3) is 6.08 Å². The van der Waals surface area contributed by atoms with Gasteiger partial charge < -0.3 is 9.84 Å². The van der Waals surface area contributed by atoms with Crippen LogP contribution in [0.4, 0.5) is 0 Å². The van der Waals surface area contributed by atoms with Gasteiger partial charge in [0.15, 0.2) is 0 Å². The van der Waals surface area contributed by atoms with Gasteiger partial charge in [-0.3, -0.25) is 4.79 Å². The van der Waals surface area contributed by atoms with Crippen LogP contribution in [0, 0.1) is 0 Å². The van der Waals surface area contributed by atoms with E-state index in [1.54, 1.807) is 24.8 Å². The van der Waals surface area contributed by atoms with Crippen molar-refractivity contribution in [2.24, 2.45) is 0 Å². The zero-order valence-electron chi connectivity index (χ0n) is 11.4. The van der Waals surface area contributed by atoms with Gasteiger partial charge in [-0.1, -0.05) is 23.7 Å². The molecule has 2 atom stereocenters. The Bertz CT molecular complexity index is 542. The number of methoxy groups -OCH3 is 1. The second-order valence-electron chi connectivity index (χ2n) is 4.73. The first-order valence-corrected chi connectivity index (χ1v) is 7.79. The molecule has 1 aliphatic rings. The quantitative estimate of drug-likeness (QED) is 0.868. The van der Waals surface area contributed by atoms with Gasteiger partial charge in [-0.15, -0.1) is 11.8 Å². The van der Waals surface area contributed by atoms with E-state index < -0.39 is 0 Å². The van der Waals surface area contributed by atoms with E-state index in [0.29, 0.717) is 5.02 Å². The molecule has 1 aromatic carbocycles. The van der Waals surface area contributed by atoms with Crippen molar-refractivity contribution in [3.8, 4) is 0 Å². The van der Waals surface area contributed by atoms with E-state index in [-0.39, 0.29) is 18.0 Å². The van der Waals surface area contributed by atoms with Crippen LogP contribution >= 0.6 is 23.4 Å². The first-order valence-electron chi connectivity index (χ1n) is 6.42. The summed E-state index contributed by atoms with van der Waals surface area (Å²) >= 11 is 7.91. The number of esters is 1. The highest BCUT2D eigenvalue weighted by atomic mass is 35.5. The Morgan fingerprint density at radius 3 is 2.90 bits per heavy atom. The van der Waals surface area contributed by atoms with Gasteiger partial charge in [0, 0.05) is 15.7 Å². The highest BCUT2D eigenvalue weighted by Gasteiger charge is 2.20. The van der Waals surface area contributed by atoms with E-state index in [1.807, 2.05) is 18.2 Å². The van der Waals surface area contributed by atoms with Crippen LogP contribution in [0.3, 0.4) is 0 Å². The van der Waals surface area contributed by atoms with E-state index >= 15 is 0 Å². The lowest BCUT2D eigenvalue weighted by Crippen LogP contribution is -2.10. The highest BCUT2D eigenvalue weighted by molar-refractivity contribution is 8.03. The topological polar surface area (TPSA) is 46.5 Å². The van der Waals surface area contributed by atoms with Gasteiger partial charge in [0.1, 0.15) is 0 Å². The van der Waals surface area contributed by atoms with Crippen molar-refractivity contribution in [3.05, 3.63) is 39.3 Å². The molecule has 2 unspecified atom stereocenters. The smallest absolute Gasteiger partial charge is 0.312 e. The number of aliphatic hydroxyl groups excluding tert-OH is 1. The van der Waals surface area contributed by atoms with Crippen molar-refractivity contribution in [1.29, 1.82) is 0 Å². The second-order valence-corrected chi connectivity index (χ2v) is 6.30. The van der Waals surface area contributed by atoms with Gasteiger partial charge in [-0.05, 0) is 36.6 Å². The number of rotatable bonds is 3. The molecule has 1 saturated heterocycles. The zero-order valence-corrected chi connectivity index (χ0v) is 13.0. The molecule has 0 aromatic heterocycles. The third-order valence-electron chi connectivity index (χ3n) is 3.37. The van der Waals surface area contributed by atoms with E-state index in [0.717, 1.165) is 28.2 Å². The fourth-order valence-corrected chi connectivity index (χ4v) is 3.40. The summed E-state index contributed by atoms with van der Waals surface area (Å²) in [6.07, 6.45) is 2.31. The summed E-state index contributed by atoms with van der Waals surface area (Å²) in [5.74, 6) is 0.307. The minimum Gasteiger partial charge on any atom is -0.469 e. The molecule has 1 aliphatic heterocycles. The predicted octanol–water partition coefficient (Wildman–Crippen LogP) is 3.46. The number of ether oxygens (including phenoxy) is 1. The monoisotopic (exact) mass is 312 g/mol. The van der Waals surface area contributed by atoms with Gasteiger partial charge in [0.2, 0.25) is 0 Å². The zero-order chi connectivity index (χ0) is 14.7. The molecule has 1 N–H and O–H groups in total. The molecule has 0 spiro atoms. The highest BCUT2D eigenvalue weighted by Crippen LogP contribution is 2.34. The molecule has 0 bridgehead atoms. The van der Waals surface area contributed by atoms with Gasteiger partial charge in [-0.2, -0.15) is 0 Å². The van der Waals surface area contributed by atoms with Crippen LogP contribution < -0.4 is 0 Å². The average Bonchev–Trinajstić information content (AvgIpc) is 2.84. The third kappa shape index (κ3) is 3.37. The van der Waals surface area contributed by atoms with E-state index in [9.17, 15) is 9.90 Å². The van der Waals surface area contributed by atoms with Crippen molar-refractivity contribution < 1.29 is 14.6 Å². The van der Waals surface area contributed by atoms with Crippen LogP contribution in [0.1, 0.15) is 30.4 Å². The summed E-state index contributed by atoms with van der Waals surface area (Å²) in [6.45, 7) is 1.78. The molecular weight excluding hydrogens is 296 g/mol.